The number of carboxylic acids is 1. The van der Waals surface area contributed by atoms with Gasteiger partial charge in [-0.1, -0.05) is 0 Å². The Bertz CT molecular complexity index is 665. The summed E-state index contributed by atoms with van der Waals surface area (Å²) in [4.78, 5) is 22.8. The number of amides is 1. The first-order chi connectivity index (χ1) is 9.51. The van der Waals surface area contributed by atoms with E-state index in [-0.39, 0.29) is 17.1 Å². The Morgan fingerprint density at radius 1 is 1.30 bits per heavy atom. The maximum absolute atomic E-state index is 11.9. The van der Waals surface area contributed by atoms with E-state index < -0.39 is 11.9 Å². The van der Waals surface area contributed by atoms with Crippen LogP contribution < -0.4 is 10.1 Å². The molecule has 0 spiro atoms. The predicted octanol–water partition coefficient (Wildman–Crippen LogP) is 3.00. The number of carboxylic acid groups (broad SMARTS) is 1. The second kappa shape index (κ2) is 5.79. The number of ether oxygens (including phenoxy) is 1. The average molecular weight is 340 g/mol. The lowest BCUT2D eigenvalue weighted by Gasteiger charge is -2.08. The third-order valence-electron chi connectivity index (χ3n) is 2.49. The third kappa shape index (κ3) is 3.00. The van der Waals surface area contributed by atoms with Crippen LogP contribution in [0.15, 0.2) is 39.4 Å². The van der Waals surface area contributed by atoms with Crippen molar-refractivity contribution in [1.82, 2.24) is 0 Å². The molecule has 0 radical (unpaired) electrons. The molecule has 0 saturated carbocycles. The van der Waals surface area contributed by atoms with Gasteiger partial charge >= 0.3 is 5.97 Å². The van der Waals surface area contributed by atoms with Gasteiger partial charge in [0.2, 0.25) is 0 Å². The van der Waals surface area contributed by atoms with Crippen molar-refractivity contribution in [3.05, 3.63) is 46.3 Å². The maximum Gasteiger partial charge on any atom is 0.339 e. The van der Waals surface area contributed by atoms with E-state index in [0.29, 0.717) is 10.4 Å². The molecule has 1 amide bonds. The summed E-state index contributed by atoms with van der Waals surface area (Å²) in [6.45, 7) is 0. The van der Waals surface area contributed by atoms with E-state index in [1.165, 1.54) is 31.4 Å². The summed E-state index contributed by atoms with van der Waals surface area (Å²) in [6, 6.07) is 7.38. The number of anilines is 1. The molecule has 0 atom stereocenters. The summed E-state index contributed by atoms with van der Waals surface area (Å²) < 4.78 is 10.5. The highest BCUT2D eigenvalue weighted by molar-refractivity contribution is 9.10. The van der Waals surface area contributed by atoms with Crippen LogP contribution in [0.3, 0.4) is 0 Å². The maximum atomic E-state index is 11.9. The predicted molar refractivity (Wildman–Crippen MR) is 74.3 cm³/mol. The minimum Gasteiger partial charge on any atom is -0.496 e. The van der Waals surface area contributed by atoms with Crippen molar-refractivity contribution >= 4 is 33.5 Å². The number of carbonyl (C=O) groups is 2. The summed E-state index contributed by atoms with van der Waals surface area (Å²) in [5.41, 5.74) is 0.426. The van der Waals surface area contributed by atoms with Gasteiger partial charge in [0.25, 0.3) is 5.91 Å². The van der Waals surface area contributed by atoms with Crippen molar-refractivity contribution in [3.63, 3.8) is 0 Å². The SMILES string of the molecule is COc1cc(NC(=O)c2ccc(Br)o2)ccc1C(=O)O. The normalized spacial score (nSPS) is 10.1. The van der Waals surface area contributed by atoms with Crippen LogP contribution in [-0.2, 0) is 0 Å². The van der Waals surface area contributed by atoms with Crippen molar-refractivity contribution in [2.24, 2.45) is 0 Å². The van der Waals surface area contributed by atoms with E-state index in [4.69, 9.17) is 14.3 Å². The van der Waals surface area contributed by atoms with Crippen LogP contribution in [0.4, 0.5) is 5.69 Å². The van der Waals surface area contributed by atoms with E-state index in [1.54, 1.807) is 6.07 Å². The molecule has 104 valence electrons. The molecule has 1 heterocycles. The Balaban J connectivity index is 2.22. The summed E-state index contributed by atoms with van der Waals surface area (Å²) in [5, 5.41) is 11.5. The molecule has 1 aromatic heterocycles. The van der Waals surface area contributed by atoms with Gasteiger partial charge in [0, 0.05) is 11.8 Å². The molecule has 0 bridgehead atoms. The van der Waals surface area contributed by atoms with Crippen LogP contribution in [0.25, 0.3) is 0 Å². The van der Waals surface area contributed by atoms with Crippen molar-refractivity contribution < 1.29 is 23.8 Å². The Labute approximate surface area is 122 Å². The third-order valence-corrected chi connectivity index (χ3v) is 2.91. The van der Waals surface area contributed by atoms with Gasteiger partial charge in [-0.05, 0) is 40.2 Å². The summed E-state index contributed by atoms with van der Waals surface area (Å²) in [7, 11) is 1.36. The molecule has 0 saturated heterocycles. The smallest absolute Gasteiger partial charge is 0.339 e. The minimum absolute atomic E-state index is 0.0197. The summed E-state index contributed by atoms with van der Waals surface area (Å²) in [6.07, 6.45) is 0. The second-order valence-electron chi connectivity index (χ2n) is 3.78. The zero-order valence-electron chi connectivity index (χ0n) is 10.3. The number of hydrogen-bond acceptors (Lipinski definition) is 4. The highest BCUT2D eigenvalue weighted by Gasteiger charge is 2.14. The van der Waals surface area contributed by atoms with Crippen LogP contribution in [0.1, 0.15) is 20.9 Å². The van der Waals surface area contributed by atoms with Crippen LogP contribution >= 0.6 is 15.9 Å². The van der Waals surface area contributed by atoms with Crippen LogP contribution in [-0.4, -0.2) is 24.1 Å². The van der Waals surface area contributed by atoms with E-state index in [1.807, 2.05) is 0 Å². The number of furan rings is 1. The van der Waals surface area contributed by atoms with Gasteiger partial charge in [0.05, 0.1) is 7.11 Å². The number of carbonyl (C=O) groups excluding carboxylic acids is 1. The Morgan fingerprint density at radius 3 is 2.60 bits per heavy atom. The number of hydrogen-bond donors (Lipinski definition) is 2. The monoisotopic (exact) mass is 339 g/mol. The number of rotatable bonds is 4. The first kappa shape index (κ1) is 14.1. The Kier molecular flexibility index (Phi) is 4.09. The van der Waals surface area contributed by atoms with Crippen LogP contribution in [0.2, 0.25) is 0 Å². The molecular weight excluding hydrogens is 330 g/mol. The van der Waals surface area contributed by atoms with Crippen LogP contribution in [0, 0.1) is 0 Å². The fourth-order valence-corrected chi connectivity index (χ4v) is 1.88. The van der Waals surface area contributed by atoms with Crippen molar-refractivity contribution in [3.8, 4) is 5.75 Å². The molecule has 0 unspecified atom stereocenters. The largest absolute Gasteiger partial charge is 0.496 e. The molecule has 0 fully saturated rings. The van der Waals surface area contributed by atoms with Gasteiger partial charge in [-0.25, -0.2) is 4.79 Å². The molecule has 20 heavy (non-hydrogen) atoms. The van der Waals surface area contributed by atoms with Gasteiger partial charge in [-0.2, -0.15) is 0 Å². The van der Waals surface area contributed by atoms with Gasteiger partial charge in [-0.15, -0.1) is 0 Å². The molecule has 7 heteroatoms. The first-order valence-electron chi connectivity index (χ1n) is 5.49. The van der Waals surface area contributed by atoms with Gasteiger partial charge in [-0.3, -0.25) is 4.79 Å². The molecule has 0 aliphatic rings. The van der Waals surface area contributed by atoms with Gasteiger partial charge in [0.15, 0.2) is 10.4 Å². The lowest BCUT2D eigenvalue weighted by molar-refractivity contribution is 0.0693. The second-order valence-corrected chi connectivity index (χ2v) is 4.56. The number of halogens is 1. The van der Waals surface area contributed by atoms with Crippen LogP contribution in [0.5, 0.6) is 5.75 Å². The molecule has 2 N–H and O–H groups in total. The fraction of sp³-hybridized carbons (Fsp3) is 0.0769. The molecule has 0 aliphatic heterocycles. The van der Waals surface area contributed by atoms with Crippen molar-refractivity contribution in [2.45, 2.75) is 0 Å². The molecular formula is C13H10BrNO5. The topological polar surface area (TPSA) is 88.8 Å². The highest BCUT2D eigenvalue weighted by Crippen LogP contribution is 2.24. The molecule has 1 aromatic carbocycles. The zero-order chi connectivity index (χ0) is 14.7. The summed E-state index contributed by atoms with van der Waals surface area (Å²) >= 11 is 3.10. The zero-order valence-corrected chi connectivity index (χ0v) is 11.9. The lowest BCUT2D eigenvalue weighted by atomic mass is 10.2. The van der Waals surface area contributed by atoms with Gasteiger partial charge in [0.1, 0.15) is 11.3 Å². The molecule has 0 aliphatic carbocycles. The van der Waals surface area contributed by atoms with E-state index in [2.05, 4.69) is 21.2 Å². The molecule has 6 nitrogen and oxygen atoms in total. The first-order valence-corrected chi connectivity index (χ1v) is 6.28. The van der Waals surface area contributed by atoms with Crippen molar-refractivity contribution in [2.75, 3.05) is 12.4 Å². The number of nitrogens with one attached hydrogen (secondary N) is 1. The number of benzene rings is 1. The quantitative estimate of drug-likeness (QED) is 0.893. The summed E-state index contributed by atoms with van der Waals surface area (Å²) in [5.74, 6) is -1.25. The fourth-order valence-electron chi connectivity index (χ4n) is 1.57. The molecule has 2 aromatic rings. The van der Waals surface area contributed by atoms with E-state index in [0.717, 1.165) is 0 Å². The lowest BCUT2D eigenvalue weighted by Crippen LogP contribution is -2.11. The Hall–Kier alpha value is -2.28. The Morgan fingerprint density at radius 2 is 2.05 bits per heavy atom. The number of aromatic carboxylic acids is 1. The number of methoxy groups -OCH3 is 1. The van der Waals surface area contributed by atoms with Crippen molar-refractivity contribution in [1.29, 1.82) is 0 Å². The standard InChI is InChI=1S/C13H10BrNO5/c1-19-10-6-7(2-3-8(10)13(17)18)15-12(16)9-4-5-11(14)20-9/h2-6H,1H3,(H,15,16)(H,17,18). The van der Waals surface area contributed by atoms with E-state index in [9.17, 15) is 9.59 Å². The van der Waals surface area contributed by atoms with Gasteiger partial charge < -0.3 is 19.6 Å². The molecule has 2 rings (SSSR count). The highest BCUT2D eigenvalue weighted by atomic mass is 79.9. The van der Waals surface area contributed by atoms with E-state index >= 15 is 0 Å². The average Bonchev–Trinajstić information content (AvgIpc) is 2.85. The minimum atomic E-state index is -1.10.